The molecule has 0 unspecified atom stereocenters. The van der Waals surface area contributed by atoms with Crippen LogP contribution < -0.4 is 0 Å². The standard InChI is InChI=1S/C4H10O6S2/c1-2-11(6,7)10-12(8,9)4-3-5/h5H,2-4H2,1H3. The van der Waals surface area contributed by atoms with Crippen molar-refractivity contribution >= 4 is 20.2 Å². The highest BCUT2D eigenvalue weighted by atomic mass is 32.3. The molecule has 0 saturated heterocycles. The summed E-state index contributed by atoms with van der Waals surface area (Å²) in [6.07, 6.45) is 0. The van der Waals surface area contributed by atoms with E-state index >= 15 is 0 Å². The van der Waals surface area contributed by atoms with Crippen LogP contribution in [0.1, 0.15) is 6.92 Å². The van der Waals surface area contributed by atoms with Gasteiger partial charge in [-0.15, -0.1) is 3.63 Å². The van der Waals surface area contributed by atoms with Crippen molar-refractivity contribution < 1.29 is 25.6 Å². The molecule has 0 aromatic rings. The molecule has 0 aromatic heterocycles. The molecule has 0 spiro atoms. The third-order valence-corrected chi connectivity index (χ3v) is 3.95. The van der Waals surface area contributed by atoms with E-state index in [-0.39, 0.29) is 0 Å². The maximum Gasteiger partial charge on any atom is 0.284 e. The van der Waals surface area contributed by atoms with E-state index in [1.165, 1.54) is 6.92 Å². The van der Waals surface area contributed by atoms with Crippen LogP contribution in [0.25, 0.3) is 0 Å². The van der Waals surface area contributed by atoms with Crippen molar-refractivity contribution in [1.82, 2.24) is 0 Å². The molecular formula is C4H10O6S2. The third kappa shape index (κ3) is 4.65. The SMILES string of the molecule is CCS(=O)(=O)OS(=O)(=O)CCO. The first-order chi connectivity index (χ1) is 5.33. The summed E-state index contributed by atoms with van der Waals surface area (Å²) < 4.78 is 46.3. The monoisotopic (exact) mass is 218 g/mol. The lowest BCUT2D eigenvalue weighted by atomic mass is 10.9. The van der Waals surface area contributed by atoms with E-state index in [1.54, 1.807) is 0 Å². The van der Waals surface area contributed by atoms with Crippen molar-refractivity contribution in [3.05, 3.63) is 0 Å². The molecule has 0 aliphatic carbocycles. The Morgan fingerprint density at radius 3 is 2.00 bits per heavy atom. The predicted octanol–water partition coefficient (Wildman–Crippen LogP) is -1.33. The van der Waals surface area contributed by atoms with Gasteiger partial charge in [0.1, 0.15) is 0 Å². The number of aliphatic hydroxyl groups is 1. The summed E-state index contributed by atoms with van der Waals surface area (Å²) in [5.41, 5.74) is 0. The van der Waals surface area contributed by atoms with Gasteiger partial charge in [0.2, 0.25) is 0 Å². The van der Waals surface area contributed by atoms with Gasteiger partial charge >= 0.3 is 0 Å². The van der Waals surface area contributed by atoms with Gasteiger partial charge < -0.3 is 5.11 Å². The second kappa shape index (κ2) is 4.17. The molecule has 0 bridgehead atoms. The number of hydrogen-bond acceptors (Lipinski definition) is 6. The first kappa shape index (κ1) is 11.8. The van der Waals surface area contributed by atoms with Crippen molar-refractivity contribution in [2.45, 2.75) is 6.92 Å². The highest BCUT2D eigenvalue weighted by Crippen LogP contribution is 2.01. The van der Waals surface area contributed by atoms with E-state index in [9.17, 15) is 16.8 Å². The molecule has 8 heteroatoms. The molecule has 1 N–H and O–H groups in total. The fraction of sp³-hybridized carbons (Fsp3) is 1.00. The molecular weight excluding hydrogens is 208 g/mol. The van der Waals surface area contributed by atoms with Gasteiger partial charge in [0.25, 0.3) is 20.2 Å². The molecule has 74 valence electrons. The summed E-state index contributed by atoms with van der Waals surface area (Å²) in [5, 5.41) is 8.22. The van der Waals surface area contributed by atoms with Gasteiger partial charge in [-0.05, 0) is 6.92 Å². The molecule has 0 heterocycles. The lowest BCUT2D eigenvalue weighted by molar-refractivity contribution is 0.316. The minimum Gasteiger partial charge on any atom is -0.395 e. The van der Waals surface area contributed by atoms with Gasteiger partial charge in [0.05, 0.1) is 18.1 Å². The third-order valence-electron chi connectivity index (χ3n) is 0.902. The molecule has 0 saturated carbocycles. The molecule has 0 amide bonds. The number of aliphatic hydroxyl groups excluding tert-OH is 1. The molecule has 0 rings (SSSR count). The topological polar surface area (TPSA) is 97.7 Å². The number of rotatable bonds is 5. The Kier molecular flexibility index (Phi) is 4.11. The van der Waals surface area contributed by atoms with E-state index in [1.807, 2.05) is 0 Å². The average molecular weight is 218 g/mol. The smallest absolute Gasteiger partial charge is 0.284 e. The fourth-order valence-corrected chi connectivity index (χ4v) is 2.50. The minimum atomic E-state index is -4.14. The summed E-state index contributed by atoms with van der Waals surface area (Å²) in [7, 11) is -8.14. The van der Waals surface area contributed by atoms with E-state index in [0.29, 0.717) is 0 Å². The Morgan fingerprint density at radius 2 is 1.67 bits per heavy atom. The first-order valence-electron chi connectivity index (χ1n) is 3.10. The maximum atomic E-state index is 10.6. The predicted molar refractivity (Wildman–Crippen MR) is 41.4 cm³/mol. The van der Waals surface area contributed by atoms with Gasteiger partial charge in [-0.3, -0.25) is 0 Å². The molecule has 0 aliphatic heterocycles. The van der Waals surface area contributed by atoms with Gasteiger partial charge in [-0.2, -0.15) is 16.8 Å². The molecule has 0 aliphatic rings. The van der Waals surface area contributed by atoms with E-state index in [4.69, 9.17) is 5.11 Å². The molecule has 0 aromatic carbocycles. The van der Waals surface area contributed by atoms with Crippen LogP contribution in [-0.2, 0) is 23.9 Å². The summed E-state index contributed by atoms with van der Waals surface area (Å²) in [6, 6.07) is 0. The van der Waals surface area contributed by atoms with Crippen LogP contribution >= 0.6 is 0 Å². The Labute approximate surface area is 71.4 Å². The van der Waals surface area contributed by atoms with Crippen LogP contribution in [0, 0.1) is 0 Å². The quantitative estimate of drug-likeness (QED) is 0.614. The number of hydrogen-bond donors (Lipinski definition) is 1. The molecule has 12 heavy (non-hydrogen) atoms. The zero-order valence-corrected chi connectivity index (χ0v) is 8.06. The molecule has 6 nitrogen and oxygen atoms in total. The Balaban J connectivity index is 4.47. The molecule has 0 fully saturated rings. The van der Waals surface area contributed by atoms with Crippen molar-refractivity contribution in [1.29, 1.82) is 0 Å². The summed E-state index contributed by atoms with van der Waals surface area (Å²) in [5.74, 6) is -1.14. The van der Waals surface area contributed by atoms with Crippen molar-refractivity contribution in [3.63, 3.8) is 0 Å². The Bertz CT molecular complexity index is 311. The van der Waals surface area contributed by atoms with Gasteiger partial charge in [-0.25, -0.2) is 0 Å². The van der Waals surface area contributed by atoms with E-state index in [2.05, 4.69) is 3.63 Å². The highest BCUT2D eigenvalue weighted by Gasteiger charge is 2.19. The van der Waals surface area contributed by atoms with E-state index in [0.717, 1.165) is 0 Å². The highest BCUT2D eigenvalue weighted by molar-refractivity contribution is 7.99. The van der Waals surface area contributed by atoms with Gasteiger partial charge in [0, 0.05) is 0 Å². The summed E-state index contributed by atoms with van der Waals surface area (Å²) in [6.45, 7) is 0.589. The van der Waals surface area contributed by atoms with Crippen molar-refractivity contribution in [2.75, 3.05) is 18.1 Å². The van der Waals surface area contributed by atoms with Crippen LogP contribution in [-0.4, -0.2) is 40.1 Å². The summed E-state index contributed by atoms with van der Waals surface area (Å²) >= 11 is 0. The maximum absolute atomic E-state index is 10.6. The van der Waals surface area contributed by atoms with Crippen molar-refractivity contribution in [3.8, 4) is 0 Å². The lowest BCUT2D eigenvalue weighted by Crippen LogP contribution is -2.19. The zero-order valence-electron chi connectivity index (χ0n) is 6.43. The van der Waals surface area contributed by atoms with Crippen LogP contribution in [0.3, 0.4) is 0 Å². The Hall–Kier alpha value is -0.180. The minimum absolute atomic E-state index is 0.419. The second-order valence-corrected chi connectivity index (χ2v) is 5.66. The van der Waals surface area contributed by atoms with E-state index < -0.39 is 38.3 Å². The second-order valence-electron chi connectivity index (χ2n) is 1.90. The fourth-order valence-electron chi connectivity index (χ4n) is 0.352. The summed E-state index contributed by atoms with van der Waals surface area (Å²) in [4.78, 5) is 0. The van der Waals surface area contributed by atoms with Crippen molar-refractivity contribution in [2.24, 2.45) is 0 Å². The lowest BCUT2D eigenvalue weighted by Gasteiger charge is -2.01. The van der Waals surface area contributed by atoms with Crippen LogP contribution in [0.2, 0.25) is 0 Å². The van der Waals surface area contributed by atoms with Gasteiger partial charge in [0.15, 0.2) is 0 Å². The first-order valence-corrected chi connectivity index (χ1v) is 6.26. The van der Waals surface area contributed by atoms with Crippen LogP contribution in [0.5, 0.6) is 0 Å². The van der Waals surface area contributed by atoms with Gasteiger partial charge in [-0.1, -0.05) is 0 Å². The zero-order chi connectivity index (χ0) is 9.83. The Morgan fingerprint density at radius 1 is 1.17 bits per heavy atom. The molecule has 0 radical (unpaired) electrons. The largest absolute Gasteiger partial charge is 0.395 e. The average Bonchev–Trinajstić information content (AvgIpc) is 1.85. The van der Waals surface area contributed by atoms with Crippen LogP contribution in [0.15, 0.2) is 0 Å². The molecule has 0 atom stereocenters. The normalized spacial score (nSPS) is 13.2. The van der Waals surface area contributed by atoms with Crippen LogP contribution in [0.4, 0.5) is 0 Å².